The van der Waals surface area contributed by atoms with Crippen molar-refractivity contribution in [3.63, 3.8) is 0 Å². The van der Waals surface area contributed by atoms with Crippen molar-refractivity contribution >= 4 is 28.2 Å². The average molecular weight is 396 g/mol. The van der Waals surface area contributed by atoms with Crippen molar-refractivity contribution in [3.05, 3.63) is 59.2 Å². The Balaban J connectivity index is 1.69. The van der Waals surface area contributed by atoms with E-state index in [0.717, 1.165) is 5.56 Å². The van der Waals surface area contributed by atoms with Crippen molar-refractivity contribution in [1.29, 1.82) is 5.26 Å². The number of thiophene rings is 1. The first kappa shape index (κ1) is 19.2. The zero-order chi connectivity index (χ0) is 19.9. The van der Waals surface area contributed by atoms with Crippen molar-refractivity contribution in [1.82, 2.24) is 20.2 Å². The molecule has 2 atom stereocenters. The van der Waals surface area contributed by atoms with E-state index in [1.165, 1.54) is 29.3 Å². The minimum Gasteiger partial charge on any atom is -0.451 e. The molecular formula is C18H16N6O3S. The summed E-state index contributed by atoms with van der Waals surface area (Å²) in [5.74, 6) is -1.16. The molecule has 0 unspecified atom stereocenters. The van der Waals surface area contributed by atoms with E-state index >= 15 is 0 Å². The maximum absolute atomic E-state index is 12.7. The molecule has 142 valence electrons. The Bertz CT molecular complexity index is 980. The van der Waals surface area contributed by atoms with E-state index in [9.17, 15) is 9.59 Å². The number of carbonyl (C=O) groups excluding carboxylic acids is 2. The predicted octanol–water partition coefficient (Wildman–Crippen LogP) is 1.96. The molecule has 0 saturated heterocycles. The Hall–Kier alpha value is -3.58. The number of benzene rings is 1. The fraction of sp³-hybridized carbons (Fsp3) is 0.222. The van der Waals surface area contributed by atoms with E-state index in [2.05, 4.69) is 20.8 Å². The summed E-state index contributed by atoms with van der Waals surface area (Å²) in [4.78, 5) is 25.1. The van der Waals surface area contributed by atoms with Crippen LogP contribution >= 0.6 is 11.3 Å². The molecule has 3 aromatic rings. The van der Waals surface area contributed by atoms with E-state index in [0.29, 0.717) is 17.0 Å². The quantitative estimate of drug-likeness (QED) is 0.606. The molecule has 1 N–H and O–H groups in total. The van der Waals surface area contributed by atoms with Gasteiger partial charge in [-0.2, -0.15) is 5.26 Å². The zero-order valence-electron chi connectivity index (χ0n) is 14.8. The van der Waals surface area contributed by atoms with Crippen LogP contribution in [0.25, 0.3) is 0 Å². The molecule has 3 rings (SSSR count). The van der Waals surface area contributed by atoms with E-state index in [-0.39, 0.29) is 0 Å². The first-order chi connectivity index (χ1) is 13.6. The Labute approximate surface area is 164 Å². The largest absolute Gasteiger partial charge is 0.451 e. The number of nitriles is 1. The summed E-state index contributed by atoms with van der Waals surface area (Å²) in [6.07, 6.45) is 0.573. The Kier molecular flexibility index (Phi) is 6.08. The van der Waals surface area contributed by atoms with E-state index < -0.39 is 24.0 Å². The second-order valence-corrected chi connectivity index (χ2v) is 6.76. The van der Waals surface area contributed by atoms with E-state index in [1.54, 1.807) is 11.4 Å². The van der Waals surface area contributed by atoms with Crippen LogP contribution in [0.15, 0.2) is 48.1 Å². The van der Waals surface area contributed by atoms with Gasteiger partial charge in [-0.3, -0.25) is 4.79 Å². The number of amides is 1. The molecule has 28 heavy (non-hydrogen) atoms. The number of hydrogen-bond donors (Lipinski definition) is 1. The fourth-order valence-corrected chi connectivity index (χ4v) is 3.19. The van der Waals surface area contributed by atoms with Gasteiger partial charge >= 0.3 is 5.97 Å². The van der Waals surface area contributed by atoms with Crippen molar-refractivity contribution in [2.75, 3.05) is 5.32 Å². The Morgan fingerprint density at radius 1 is 1.32 bits per heavy atom. The van der Waals surface area contributed by atoms with Gasteiger partial charge in [-0.15, -0.1) is 16.4 Å². The molecule has 0 fully saturated rings. The number of ether oxygens (including phenoxy) is 1. The molecule has 1 amide bonds. The van der Waals surface area contributed by atoms with Gasteiger partial charge in [0.2, 0.25) is 0 Å². The standard InChI is InChI=1S/C18H16N6O3S/c1-12(16(25)21-17-14(10-19)7-8-28-17)27-18(26)15(24-11-20-22-23-24)9-13-5-3-2-4-6-13/h2-8,11-12,15H,9H2,1H3,(H,21,25)/t12-,15-/m0/s1. The third-order valence-electron chi connectivity index (χ3n) is 3.91. The monoisotopic (exact) mass is 396 g/mol. The Morgan fingerprint density at radius 3 is 2.79 bits per heavy atom. The maximum Gasteiger partial charge on any atom is 0.332 e. The highest BCUT2D eigenvalue weighted by Gasteiger charge is 2.28. The molecule has 0 aliphatic rings. The number of esters is 1. The van der Waals surface area contributed by atoms with E-state index in [4.69, 9.17) is 10.00 Å². The van der Waals surface area contributed by atoms with E-state index in [1.807, 2.05) is 36.4 Å². The van der Waals surface area contributed by atoms with Gasteiger partial charge in [-0.1, -0.05) is 30.3 Å². The highest BCUT2D eigenvalue weighted by Crippen LogP contribution is 2.23. The molecule has 0 saturated carbocycles. The van der Waals surface area contributed by atoms with Gasteiger partial charge in [-0.05, 0) is 34.4 Å². The molecule has 0 bridgehead atoms. The first-order valence-corrected chi connectivity index (χ1v) is 9.21. The molecule has 9 nitrogen and oxygen atoms in total. The lowest BCUT2D eigenvalue weighted by Gasteiger charge is -2.19. The van der Waals surface area contributed by atoms with Gasteiger partial charge in [0, 0.05) is 6.42 Å². The van der Waals surface area contributed by atoms with Crippen molar-refractivity contribution in [2.45, 2.75) is 25.5 Å². The molecular weight excluding hydrogens is 380 g/mol. The van der Waals surface area contributed by atoms with Gasteiger partial charge in [0.15, 0.2) is 12.1 Å². The lowest BCUT2D eigenvalue weighted by atomic mass is 10.1. The highest BCUT2D eigenvalue weighted by molar-refractivity contribution is 7.14. The molecule has 0 radical (unpaired) electrons. The topological polar surface area (TPSA) is 123 Å². The molecule has 2 heterocycles. The summed E-state index contributed by atoms with van der Waals surface area (Å²) in [7, 11) is 0. The SMILES string of the molecule is C[C@H](OC(=O)[C@H](Cc1ccccc1)n1cnnn1)C(=O)Nc1sccc1C#N. The third-order valence-corrected chi connectivity index (χ3v) is 4.74. The summed E-state index contributed by atoms with van der Waals surface area (Å²) >= 11 is 1.22. The van der Waals surface area contributed by atoms with Crippen molar-refractivity contribution in [2.24, 2.45) is 0 Å². The second kappa shape index (κ2) is 8.88. The van der Waals surface area contributed by atoms with Crippen LogP contribution in [-0.2, 0) is 20.7 Å². The number of anilines is 1. The van der Waals surface area contributed by atoms with Crippen LogP contribution in [0.1, 0.15) is 24.1 Å². The first-order valence-electron chi connectivity index (χ1n) is 8.34. The van der Waals surface area contributed by atoms with Gasteiger partial charge in [0.05, 0.1) is 5.56 Å². The van der Waals surface area contributed by atoms with Crippen LogP contribution < -0.4 is 5.32 Å². The number of nitrogens with one attached hydrogen (secondary N) is 1. The van der Waals surface area contributed by atoms with Gasteiger partial charge in [-0.25, -0.2) is 9.48 Å². The van der Waals surface area contributed by atoms with Gasteiger partial charge in [0.25, 0.3) is 5.91 Å². The maximum atomic E-state index is 12.7. The van der Waals surface area contributed by atoms with Crippen LogP contribution in [-0.4, -0.2) is 38.2 Å². The number of tetrazole rings is 1. The van der Waals surface area contributed by atoms with Crippen LogP contribution in [0, 0.1) is 11.3 Å². The summed E-state index contributed by atoms with van der Waals surface area (Å²) < 4.78 is 6.65. The molecule has 1 aromatic carbocycles. The summed E-state index contributed by atoms with van der Waals surface area (Å²) in [6, 6.07) is 12.1. The number of aromatic nitrogens is 4. The molecule has 0 aliphatic heterocycles. The summed E-state index contributed by atoms with van der Waals surface area (Å²) in [5.41, 5.74) is 1.25. The number of nitrogens with zero attached hydrogens (tertiary/aromatic N) is 5. The van der Waals surface area contributed by atoms with Crippen LogP contribution in [0.2, 0.25) is 0 Å². The lowest BCUT2D eigenvalue weighted by molar-refractivity contribution is -0.156. The molecule has 10 heteroatoms. The van der Waals surface area contributed by atoms with Crippen LogP contribution in [0.5, 0.6) is 0 Å². The second-order valence-electron chi connectivity index (χ2n) is 5.84. The van der Waals surface area contributed by atoms with Crippen molar-refractivity contribution in [3.8, 4) is 6.07 Å². The number of carbonyl (C=O) groups is 2. The highest BCUT2D eigenvalue weighted by atomic mass is 32.1. The molecule has 0 aliphatic carbocycles. The van der Waals surface area contributed by atoms with Crippen molar-refractivity contribution < 1.29 is 14.3 Å². The minimum absolute atomic E-state index is 0.308. The number of rotatable bonds is 7. The van der Waals surface area contributed by atoms with Gasteiger partial charge in [0.1, 0.15) is 17.4 Å². The third kappa shape index (κ3) is 4.57. The smallest absolute Gasteiger partial charge is 0.332 e. The Morgan fingerprint density at radius 2 is 2.11 bits per heavy atom. The average Bonchev–Trinajstić information content (AvgIpc) is 3.38. The zero-order valence-corrected chi connectivity index (χ0v) is 15.7. The summed E-state index contributed by atoms with van der Waals surface area (Å²) in [6.45, 7) is 1.46. The predicted molar refractivity (Wildman–Crippen MR) is 100 cm³/mol. The van der Waals surface area contributed by atoms with Crippen LogP contribution in [0.3, 0.4) is 0 Å². The van der Waals surface area contributed by atoms with Crippen LogP contribution in [0.4, 0.5) is 5.00 Å². The molecule has 0 spiro atoms. The molecule has 2 aromatic heterocycles. The minimum atomic E-state index is -1.06. The lowest BCUT2D eigenvalue weighted by Crippen LogP contribution is -2.34. The van der Waals surface area contributed by atoms with Gasteiger partial charge < -0.3 is 10.1 Å². The number of hydrogen-bond acceptors (Lipinski definition) is 8. The fourth-order valence-electron chi connectivity index (χ4n) is 2.45. The normalized spacial score (nSPS) is 12.6. The summed E-state index contributed by atoms with van der Waals surface area (Å²) in [5, 5.41) is 24.7.